The molecule has 0 saturated heterocycles. The first-order valence-corrected chi connectivity index (χ1v) is 8.86. The van der Waals surface area contributed by atoms with Crippen LogP contribution in [0.5, 0.6) is 0 Å². The molecule has 0 aliphatic heterocycles. The second kappa shape index (κ2) is 5.77. The van der Waals surface area contributed by atoms with Gasteiger partial charge in [-0.15, -0.1) is 0 Å². The molecule has 0 bridgehead atoms. The molecule has 5 heteroatoms. The second-order valence-electron chi connectivity index (χ2n) is 4.60. The predicted molar refractivity (Wildman–Crippen MR) is 73.3 cm³/mol. The number of benzene rings is 1. The van der Waals surface area contributed by atoms with Gasteiger partial charge in [-0.25, -0.2) is 10.9 Å². The molecule has 1 N–H and O–H groups in total. The van der Waals surface area contributed by atoms with Crippen LogP contribution in [0.4, 0.5) is 0 Å². The molecule has 2 rings (SSSR count). The Hall–Kier alpha value is -0.980. The SMILES string of the molecule is O=C(O)c1cc(C2CCCCC2)ccc1I(=O)=O. The predicted octanol–water partition coefficient (Wildman–Crippen LogP) is 3.80. The average molecular weight is 362 g/mol. The van der Waals surface area contributed by atoms with Crippen molar-refractivity contribution in [2.24, 2.45) is 0 Å². The van der Waals surface area contributed by atoms with Crippen molar-refractivity contribution < 1.29 is 16.0 Å². The van der Waals surface area contributed by atoms with Crippen molar-refractivity contribution in [3.63, 3.8) is 0 Å². The number of carboxylic acids is 1. The van der Waals surface area contributed by atoms with Crippen molar-refractivity contribution in [3.05, 3.63) is 32.9 Å². The van der Waals surface area contributed by atoms with E-state index in [2.05, 4.69) is 0 Å². The van der Waals surface area contributed by atoms with E-state index in [1.54, 1.807) is 12.1 Å². The molecule has 1 fully saturated rings. The largest absolute Gasteiger partial charge is 0.478 e. The van der Waals surface area contributed by atoms with Crippen molar-refractivity contribution in [1.82, 2.24) is 0 Å². The Kier molecular flexibility index (Phi) is 4.31. The second-order valence-corrected chi connectivity index (χ2v) is 7.00. The summed E-state index contributed by atoms with van der Waals surface area (Å²) in [4.78, 5) is 11.1. The highest BCUT2D eigenvalue weighted by atomic mass is 127. The molecule has 0 aromatic heterocycles. The van der Waals surface area contributed by atoms with Crippen LogP contribution in [0.25, 0.3) is 0 Å². The van der Waals surface area contributed by atoms with E-state index in [9.17, 15) is 10.9 Å². The number of halogens is 1. The van der Waals surface area contributed by atoms with E-state index in [1.807, 2.05) is 0 Å². The van der Waals surface area contributed by atoms with E-state index >= 15 is 0 Å². The standard InChI is InChI=1S/C13H15IO4/c15-13(16)11-8-10(6-7-12(11)14(17)18)9-4-2-1-3-5-9/h6-9H,1-5H2,(H,15,16). The molecule has 1 saturated carbocycles. The molecule has 0 atom stereocenters. The van der Waals surface area contributed by atoms with E-state index in [1.165, 1.54) is 12.5 Å². The summed E-state index contributed by atoms with van der Waals surface area (Å²) in [6.45, 7) is 0. The quantitative estimate of drug-likeness (QED) is 0.831. The maximum atomic E-state index is 11.1. The van der Waals surface area contributed by atoms with Gasteiger partial charge in [0.15, 0.2) is 0 Å². The lowest BCUT2D eigenvalue weighted by Gasteiger charge is -2.22. The highest BCUT2D eigenvalue weighted by Crippen LogP contribution is 2.34. The van der Waals surface area contributed by atoms with Gasteiger partial charge in [0.05, 0.1) is 9.13 Å². The fourth-order valence-corrected chi connectivity index (χ4v) is 3.87. The van der Waals surface area contributed by atoms with Crippen molar-refractivity contribution >= 4 is 25.8 Å². The first kappa shape index (κ1) is 13.5. The van der Waals surface area contributed by atoms with E-state index in [4.69, 9.17) is 5.11 Å². The molecule has 0 spiro atoms. The molecule has 0 radical (unpaired) electrons. The zero-order valence-corrected chi connectivity index (χ0v) is 12.1. The van der Waals surface area contributed by atoms with Crippen LogP contribution in [0.1, 0.15) is 53.9 Å². The van der Waals surface area contributed by atoms with Gasteiger partial charge in [-0.3, -0.25) is 0 Å². The van der Waals surface area contributed by atoms with Crippen LogP contribution in [0, 0.1) is 3.57 Å². The number of hydrogen-bond acceptors (Lipinski definition) is 3. The lowest BCUT2D eigenvalue weighted by atomic mass is 9.84. The molecule has 4 nitrogen and oxygen atoms in total. The monoisotopic (exact) mass is 362 g/mol. The van der Waals surface area contributed by atoms with Gasteiger partial charge in [-0.1, -0.05) is 25.3 Å². The normalized spacial score (nSPS) is 16.9. The first-order valence-electron chi connectivity index (χ1n) is 6.02. The zero-order valence-electron chi connectivity index (χ0n) is 9.89. The van der Waals surface area contributed by atoms with E-state index < -0.39 is 25.8 Å². The van der Waals surface area contributed by atoms with Crippen LogP contribution < -0.4 is 0 Å². The molecule has 0 amide bonds. The van der Waals surface area contributed by atoms with Gasteiger partial charge in [-0.05, 0) is 36.5 Å². The smallest absolute Gasteiger partial charge is 0.341 e. The molecular weight excluding hydrogens is 347 g/mol. The van der Waals surface area contributed by atoms with Crippen LogP contribution in [-0.2, 0) is 6.14 Å². The Balaban J connectivity index is 2.39. The molecule has 0 heterocycles. The van der Waals surface area contributed by atoms with Gasteiger partial charge in [0.2, 0.25) is 0 Å². The Morgan fingerprint density at radius 2 is 1.83 bits per heavy atom. The fraction of sp³-hybridized carbons (Fsp3) is 0.462. The van der Waals surface area contributed by atoms with Crippen LogP contribution in [0.2, 0.25) is 0 Å². The summed E-state index contributed by atoms with van der Waals surface area (Å²) in [7, 11) is 0. The van der Waals surface area contributed by atoms with Gasteiger partial charge < -0.3 is 5.11 Å². The van der Waals surface area contributed by atoms with Crippen molar-refractivity contribution in [2.45, 2.75) is 38.0 Å². The number of aromatic carboxylic acids is 1. The minimum Gasteiger partial charge on any atom is -0.478 e. The topological polar surface area (TPSA) is 71.4 Å². The number of hydrogen-bond donors (Lipinski definition) is 1. The lowest BCUT2D eigenvalue weighted by molar-refractivity contribution is 0.0695. The molecule has 0 unspecified atom stereocenters. The maximum absolute atomic E-state index is 11.1. The van der Waals surface area contributed by atoms with Gasteiger partial charge in [-0.2, -0.15) is 0 Å². The highest BCUT2D eigenvalue weighted by Gasteiger charge is 2.20. The van der Waals surface area contributed by atoms with Crippen LogP contribution in [0.3, 0.4) is 0 Å². The summed E-state index contributed by atoms with van der Waals surface area (Å²) >= 11 is -3.74. The Morgan fingerprint density at radius 1 is 1.17 bits per heavy atom. The summed E-state index contributed by atoms with van der Waals surface area (Å²) in [5.74, 6) is -0.775. The van der Waals surface area contributed by atoms with E-state index in [0.717, 1.165) is 31.2 Å². The van der Waals surface area contributed by atoms with Crippen molar-refractivity contribution in [2.75, 3.05) is 0 Å². The number of carboxylic acid groups (broad SMARTS) is 1. The number of rotatable bonds is 3. The Labute approximate surface area is 113 Å². The fourth-order valence-electron chi connectivity index (χ4n) is 2.53. The van der Waals surface area contributed by atoms with Gasteiger partial charge in [0.1, 0.15) is 0 Å². The summed E-state index contributed by atoms with van der Waals surface area (Å²) in [5.41, 5.74) is 0.904. The summed E-state index contributed by atoms with van der Waals surface area (Å²) in [6.07, 6.45) is 5.69. The summed E-state index contributed by atoms with van der Waals surface area (Å²) in [5, 5.41) is 9.08. The third-order valence-corrected chi connectivity index (χ3v) is 5.35. The van der Waals surface area contributed by atoms with Gasteiger partial charge in [0, 0.05) is 0 Å². The summed E-state index contributed by atoms with van der Waals surface area (Å²) in [6, 6.07) is 4.78. The molecule has 1 aromatic carbocycles. The molecular formula is C13H15IO4. The Bertz CT molecular complexity index is 520. The molecule has 18 heavy (non-hydrogen) atoms. The zero-order chi connectivity index (χ0) is 13.1. The third kappa shape index (κ3) is 2.88. The molecule has 1 aromatic rings. The minimum atomic E-state index is -3.74. The third-order valence-electron chi connectivity index (χ3n) is 3.46. The molecule has 1 aliphatic rings. The lowest BCUT2D eigenvalue weighted by Crippen LogP contribution is -2.07. The molecule has 98 valence electrons. The highest BCUT2D eigenvalue weighted by molar-refractivity contribution is 14.2. The van der Waals surface area contributed by atoms with Gasteiger partial charge >= 0.3 is 25.8 Å². The minimum absolute atomic E-state index is 0.00809. The van der Waals surface area contributed by atoms with Crippen LogP contribution in [0.15, 0.2) is 18.2 Å². The Morgan fingerprint density at radius 3 is 2.39 bits per heavy atom. The van der Waals surface area contributed by atoms with Crippen LogP contribution >= 0.6 is 19.8 Å². The summed E-state index contributed by atoms with van der Waals surface area (Å²) < 4.78 is 22.2. The van der Waals surface area contributed by atoms with E-state index in [0.29, 0.717) is 5.92 Å². The van der Waals surface area contributed by atoms with E-state index in [-0.39, 0.29) is 9.13 Å². The van der Waals surface area contributed by atoms with Crippen molar-refractivity contribution in [3.8, 4) is 0 Å². The number of carbonyl (C=O) groups is 1. The maximum Gasteiger partial charge on any atom is 0.341 e. The first-order chi connectivity index (χ1) is 8.59. The average Bonchev–Trinajstić information content (AvgIpc) is 2.39. The van der Waals surface area contributed by atoms with Gasteiger partial charge in [0.25, 0.3) is 0 Å². The van der Waals surface area contributed by atoms with Crippen LogP contribution in [-0.4, -0.2) is 11.1 Å². The molecule has 1 aliphatic carbocycles. The van der Waals surface area contributed by atoms with Crippen molar-refractivity contribution in [1.29, 1.82) is 0 Å².